The molecule has 0 atom stereocenters. The summed E-state index contributed by atoms with van der Waals surface area (Å²) in [6, 6.07) is -0.265. The zero-order valence-electron chi connectivity index (χ0n) is 10.4. The molecule has 0 aromatic carbocycles. The van der Waals surface area contributed by atoms with Gasteiger partial charge < -0.3 is 15.0 Å². The summed E-state index contributed by atoms with van der Waals surface area (Å²) < 4.78 is 4.84. The number of rotatable bonds is 3. The molecule has 2 amide bonds. The molecule has 5 nitrogen and oxygen atoms in total. The molecule has 96 valence electrons. The Hall–Kier alpha value is -2.04. The summed E-state index contributed by atoms with van der Waals surface area (Å²) in [7, 11) is 0. The maximum Gasteiger partial charge on any atom is 0.325 e. The fourth-order valence-electron chi connectivity index (χ4n) is 2.01. The van der Waals surface area contributed by atoms with Gasteiger partial charge in [0.15, 0.2) is 0 Å². The zero-order valence-corrected chi connectivity index (χ0v) is 10.4. The molecular formula is C13H16N2O3. The van der Waals surface area contributed by atoms with Crippen LogP contribution in [0.5, 0.6) is 0 Å². The van der Waals surface area contributed by atoms with Crippen molar-refractivity contribution in [1.82, 2.24) is 10.2 Å². The van der Waals surface area contributed by atoms with Crippen molar-refractivity contribution < 1.29 is 14.3 Å². The highest BCUT2D eigenvalue weighted by atomic mass is 16.5. The number of nitrogens with zero attached hydrogens (tertiary/aromatic N) is 1. The molecule has 1 aliphatic carbocycles. The quantitative estimate of drug-likeness (QED) is 0.767. The highest BCUT2D eigenvalue weighted by Crippen LogP contribution is 2.24. The van der Waals surface area contributed by atoms with Crippen LogP contribution in [0.4, 0.5) is 4.79 Å². The average molecular weight is 248 g/mol. The maximum atomic E-state index is 11.8. The van der Waals surface area contributed by atoms with Crippen molar-refractivity contribution >= 4 is 12.0 Å². The fraction of sp³-hybridized carbons (Fsp3) is 0.385. The minimum atomic E-state index is -0.387. The number of esters is 1. The fourth-order valence-corrected chi connectivity index (χ4v) is 2.01. The lowest BCUT2D eigenvalue weighted by molar-refractivity contribution is -0.143. The van der Waals surface area contributed by atoms with Gasteiger partial charge in [0.05, 0.1) is 6.61 Å². The first-order valence-electron chi connectivity index (χ1n) is 5.89. The topological polar surface area (TPSA) is 58.6 Å². The van der Waals surface area contributed by atoms with Crippen molar-refractivity contribution in [2.45, 2.75) is 13.3 Å². The molecular weight excluding hydrogens is 232 g/mol. The number of nitrogens with one attached hydrogen (secondary N) is 1. The second-order valence-corrected chi connectivity index (χ2v) is 4.28. The van der Waals surface area contributed by atoms with Gasteiger partial charge in [0, 0.05) is 12.2 Å². The van der Waals surface area contributed by atoms with E-state index in [1.54, 1.807) is 6.92 Å². The van der Waals surface area contributed by atoms with Gasteiger partial charge in [-0.15, -0.1) is 0 Å². The molecule has 0 unspecified atom stereocenters. The van der Waals surface area contributed by atoms with E-state index in [1.807, 2.05) is 12.2 Å². The summed E-state index contributed by atoms with van der Waals surface area (Å²) in [6.07, 6.45) is 4.46. The number of carbonyl (C=O) groups is 2. The predicted molar refractivity (Wildman–Crippen MR) is 66.7 cm³/mol. The first-order valence-corrected chi connectivity index (χ1v) is 5.89. The van der Waals surface area contributed by atoms with Crippen molar-refractivity contribution in [3.05, 3.63) is 35.6 Å². The molecule has 1 aliphatic heterocycles. The van der Waals surface area contributed by atoms with E-state index in [9.17, 15) is 9.59 Å². The second-order valence-electron chi connectivity index (χ2n) is 4.28. The minimum absolute atomic E-state index is 0.0212. The Morgan fingerprint density at radius 1 is 1.56 bits per heavy atom. The second kappa shape index (κ2) is 5.08. The molecule has 18 heavy (non-hydrogen) atoms. The van der Waals surface area contributed by atoms with Crippen molar-refractivity contribution in [3.8, 4) is 0 Å². The van der Waals surface area contributed by atoms with Crippen LogP contribution in [0.25, 0.3) is 0 Å². The Morgan fingerprint density at radius 2 is 2.33 bits per heavy atom. The molecule has 0 aromatic heterocycles. The van der Waals surface area contributed by atoms with Gasteiger partial charge in [-0.3, -0.25) is 4.79 Å². The number of urea groups is 1. The molecule has 0 saturated heterocycles. The Balaban J connectivity index is 2.06. The van der Waals surface area contributed by atoms with E-state index in [2.05, 4.69) is 11.9 Å². The van der Waals surface area contributed by atoms with Gasteiger partial charge in [-0.2, -0.15) is 0 Å². The monoisotopic (exact) mass is 248 g/mol. The van der Waals surface area contributed by atoms with Crippen molar-refractivity contribution in [3.63, 3.8) is 0 Å². The minimum Gasteiger partial charge on any atom is -0.465 e. The standard InChI is InChI=1S/C13H16N2O3/c1-3-18-12(16)8-15-7-10-6-9(2)4-5-11(10)14-13(15)17/h4-5H,2-3,6-8H2,1H3,(H,14,17). The SMILES string of the molecule is C=C1C=CC2=C(C1)CN(CC(=O)OCC)C(=O)N2. The molecule has 0 radical (unpaired) electrons. The van der Waals surface area contributed by atoms with Crippen molar-refractivity contribution in [2.75, 3.05) is 19.7 Å². The molecule has 0 saturated carbocycles. The van der Waals surface area contributed by atoms with E-state index in [0.717, 1.165) is 23.3 Å². The first kappa shape index (κ1) is 12.4. The molecule has 0 bridgehead atoms. The molecule has 0 aromatic rings. The van der Waals surface area contributed by atoms with Crippen LogP contribution in [-0.4, -0.2) is 36.6 Å². The third-order valence-electron chi connectivity index (χ3n) is 2.84. The molecule has 2 aliphatic rings. The van der Waals surface area contributed by atoms with Gasteiger partial charge in [-0.25, -0.2) is 4.79 Å². The first-order chi connectivity index (χ1) is 8.60. The van der Waals surface area contributed by atoms with Crippen LogP contribution in [0.15, 0.2) is 35.6 Å². The maximum absolute atomic E-state index is 11.8. The van der Waals surface area contributed by atoms with Crippen LogP contribution in [0.1, 0.15) is 13.3 Å². The number of amides is 2. The van der Waals surface area contributed by atoms with Gasteiger partial charge in [-0.05, 0) is 25.0 Å². The highest BCUT2D eigenvalue weighted by molar-refractivity contribution is 5.84. The van der Waals surface area contributed by atoms with Crippen LogP contribution in [0.2, 0.25) is 0 Å². The van der Waals surface area contributed by atoms with Gasteiger partial charge in [0.25, 0.3) is 0 Å². The number of carbonyl (C=O) groups excluding carboxylic acids is 2. The average Bonchev–Trinajstić information content (AvgIpc) is 2.31. The molecule has 1 N–H and O–H groups in total. The predicted octanol–water partition coefficient (Wildman–Crippen LogP) is 1.34. The van der Waals surface area contributed by atoms with Gasteiger partial charge in [0.2, 0.25) is 0 Å². The summed E-state index contributed by atoms with van der Waals surface area (Å²) in [5.41, 5.74) is 2.90. The lowest BCUT2D eigenvalue weighted by Gasteiger charge is -2.31. The Labute approximate surface area is 106 Å². The molecule has 1 heterocycles. The third kappa shape index (κ3) is 2.61. The molecule has 0 spiro atoms. The van der Waals surface area contributed by atoms with Crippen LogP contribution < -0.4 is 5.32 Å². The van der Waals surface area contributed by atoms with Gasteiger partial charge in [-0.1, -0.05) is 18.2 Å². The Morgan fingerprint density at radius 3 is 3.06 bits per heavy atom. The van der Waals surface area contributed by atoms with Gasteiger partial charge in [0.1, 0.15) is 6.54 Å². The molecule has 2 rings (SSSR count). The normalized spacial score (nSPS) is 18.6. The highest BCUT2D eigenvalue weighted by Gasteiger charge is 2.27. The Bertz CT molecular complexity index is 463. The third-order valence-corrected chi connectivity index (χ3v) is 2.84. The molecule has 5 heteroatoms. The van der Waals surface area contributed by atoms with E-state index in [1.165, 1.54) is 4.90 Å². The largest absolute Gasteiger partial charge is 0.465 e. The van der Waals surface area contributed by atoms with Crippen LogP contribution in [-0.2, 0) is 9.53 Å². The van der Waals surface area contributed by atoms with Crippen LogP contribution >= 0.6 is 0 Å². The number of ether oxygens (including phenoxy) is 1. The molecule has 0 fully saturated rings. The van der Waals surface area contributed by atoms with Crippen LogP contribution in [0, 0.1) is 0 Å². The van der Waals surface area contributed by atoms with Crippen LogP contribution in [0.3, 0.4) is 0 Å². The van der Waals surface area contributed by atoms with E-state index < -0.39 is 0 Å². The zero-order chi connectivity index (χ0) is 13.1. The lowest BCUT2D eigenvalue weighted by Crippen LogP contribution is -2.48. The van der Waals surface area contributed by atoms with E-state index in [-0.39, 0.29) is 18.5 Å². The van der Waals surface area contributed by atoms with Crippen molar-refractivity contribution in [2.24, 2.45) is 0 Å². The summed E-state index contributed by atoms with van der Waals surface area (Å²) in [5.74, 6) is -0.387. The van der Waals surface area contributed by atoms with Gasteiger partial charge >= 0.3 is 12.0 Å². The lowest BCUT2D eigenvalue weighted by atomic mass is 9.97. The van der Waals surface area contributed by atoms with E-state index >= 15 is 0 Å². The van der Waals surface area contributed by atoms with Crippen molar-refractivity contribution in [1.29, 1.82) is 0 Å². The summed E-state index contributed by atoms with van der Waals surface area (Å²) >= 11 is 0. The number of hydrogen-bond donors (Lipinski definition) is 1. The van der Waals surface area contributed by atoms with E-state index in [4.69, 9.17) is 4.74 Å². The number of hydrogen-bond acceptors (Lipinski definition) is 3. The Kier molecular flexibility index (Phi) is 3.50. The van der Waals surface area contributed by atoms with E-state index in [0.29, 0.717) is 13.2 Å². The smallest absolute Gasteiger partial charge is 0.325 e. The number of allylic oxidation sites excluding steroid dienone is 3. The summed E-state index contributed by atoms with van der Waals surface area (Å²) in [4.78, 5) is 24.6. The summed E-state index contributed by atoms with van der Waals surface area (Å²) in [5, 5.41) is 2.77. The summed E-state index contributed by atoms with van der Waals surface area (Å²) in [6.45, 7) is 6.38.